The molecule has 1 aromatic carbocycles. The molecule has 42 valence electrons. The van der Waals surface area contributed by atoms with Gasteiger partial charge in [-0.25, -0.2) is 0 Å². The molecule has 0 aliphatic rings. The van der Waals surface area contributed by atoms with E-state index in [4.69, 9.17) is 9.22 Å². The van der Waals surface area contributed by atoms with Gasteiger partial charge in [-0.2, -0.15) is 0 Å². The van der Waals surface area contributed by atoms with Crippen LogP contribution in [0.25, 0.3) is 0 Å². The summed E-state index contributed by atoms with van der Waals surface area (Å²) in [6.45, 7) is 1.59. The molecule has 1 N–H and O–H groups in total. The Kier molecular flexibility index (Phi) is 0.591. The Morgan fingerprint density at radius 2 is 2.25 bits per heavy atom. The molecule has 0 fully saturated rings. The molecule has 0 atom stereocenters. The number of hydrogen-bond acceptors (Lipinski definition) is 1. The molecule has 1 aromatic rings. The second-order valence-electron chi connectivity index (χ2n) is 1.55. The van der Waals surface area contributed by atoms with Gasteiger partial charge < -0.3 is 5.11 Å². The zero-order valence-corrected chi connectivity index (χ0v) is 4.52. The van der Waals surface area contributed by atoms with E-state index in [2.05, 4.69) is 0 Å². The molecule has 1 nitrogen and oxygen atoms in total. The van der Waals surface area contributed by atoms with Crippen molar-refractivity contribution in [3.8, 4) is 5.75 Å². The highest BCUT2D eigenvalue weighted by atomic mass is 16.3. The average molecular weight is 111 g/mol. The van der Waals surface area contributed by atoms with Crippen molar-refractivity contribution >= 4 is 0 Å². The number of aromatic hydroxyl groups is 1. The van der Waals surface area contributed by atoms with Crippen molar-refractivity contribution in [1.82, 2.24) is 0 Å². The summed E-state index contributed by atoms with van der Waals surface area (Å²) in [6.07, 6.45) is 0. The van der Waals surface area contributed by atoms with E-state index in [9.17, 15) is 0 Å². The third-order valence-corrected chi connectivity index (χ3v) is 0.803. The van der Waals surface area contributed by atoms with Crippen LogP contribution in [0.4, 0.5) is 0 Å². The molecule has 0 spiro atoms. The number of rotatable bonds is 0. The number of phenols is 1. The highest BCUT2D eigenvalue weighted by Crippen LogP contribution is 2.07. The van der Waals surface area contributed by atoms with Gasteiger partial charge in [0, 0.05) is 0 Å². The van der Waals surface area contributed by atoms with Crippen LogP contribution in [-0.4, -0.2) is 5.11 Å². The summed E-state index contributed by atoms with van der Waals surface area (Å²) in [6, 6.07) is 0.993. The van der Waals surface area contributed by atoms with Crippen molar-refractivity contribution in [2.24, 2.45) is 0 Å². The fourth-order valence-electron chi connectivity index (χ4n) is 0.407. The quantitative estimate of drug-likeness (QED) is 0.540. The molecule has 1 rings (SSSR count). The molecule has 0 heterocycles. The van der Waals surface area contributed by atoms with Gasteiger partial charge >= 0.3 is 0 Å². The lowest BCUT2D eigenvalue weighted by Crippen LogP contribution is -1.66. The Morgan fingerprint density at radius 1 is 1.50 bits per heavy atom. The van der Waals surface area contributed by atoms with E-state index >= 15 is 0 Å². The molecule has 0 unspecified atom stereocenters. The SMILES string of the molecule is [2H]c1cc(O)c([2H])c([2H])c1C. The van der Waals surface area contributed by atoms with Crippen molar-refractivity contribution in [1.29, 1.82) is 0 Å². The third kappa shape index (κ3) is 0.997. The Labute approximate surface area is 52.8 Å². The molecule has 0 aliphatic carbocycles. The number of phenolic OH excluding ortho intramolecular Hbond substituents is 1. The average Bonchev–Trinajstić information content (AvgIpc) is 1.97. The molecular weight excluding hydrogens is 100 g/mol. The van der Waals surface area contributed by atoms with Gasteiger partial charge in [-0.05, 0) is 19.0 Å². The highest BCUT2D eigenvalue weighted by molar-refractivity contribution is 5.24. The first-order valence-electron chi connectivity index (χ1n) is 3.80. The third-order valence-electron chi connectivity index (χ3n) is 0.803. The minimum Gasteiger partial charge on any atom is -0.508 e. The second kappa shape index (κ2) is 1.86. The molecule has 0 saturated carbocycles. The van der Waals surface area contributed by atoms with Gasteiger partial charge in [0.05, 0.1) is 4.11 Å². The Bertz CT molecular complexity index is 270. The van der Waals surface area contributed by atoms with E-state index in [0.29, 0.717) is 5.56 Å². The molecular formula is C7H8O. The molecule has 0 bridgehead atoms. The van der Waals surface area contributed by atoms with Crippen LogP contribution >= 0.6 is 0 Å². The van der Waals surface area contributed by atoms with Gasteiger partial charge in [-0.15, -0.1) is 0 Å². The van der Waals surface area contributed by atoms with Gasteiger partial charge in [-0.1, -0.05) is 17.6 Å². The first-order chi connectivity index (χ1) is 5.04. The topological polar surface area (TPSA) is 20.2 Å². The Hall–Kier alpha value is -0.980. The largest absolute Gasteiger partial charge is 0.508 e. The van der Waals surface area contributed by atoms with Crippen LogP contribution in [0.2, 0.25) is 0 Å². The molecule has 0 aromatic heterocycles. The van der Waals surface area contributed by atoms with E-state index in [0.717, 1.165) is 0 Å². The molecule has 0 radical (unpaired) electrons. The fourth-order valence-corrected chi connectivity index (χ4v) is 0.407. The monoisotopic (exact) mass is 111 g/mol. The summed E-state index contributed by atoms with van der Waals surface area (Å²) >= 11 is 0. The van der Waals surface area contributed by atoms with Crippen molar-refractivity contribution in [2.45, 2.75) is 6.92 Å². The fraction of sp³-hybridized carbons (Fsp3) is 0.143. The van der Waals surface area contributed by atoms with E-state index in [-0.39, 0.29) is 23.9 Å². The normalized spacial score (nSPS) is 14.4. The van der Waals surface area contributed by atoms with Crippen molar-refractivity contribution < 1.29 is 9.22 Å². The van der Waals surface area contributed by atoms with Crippen LogP contribution in [0.5, 0.6) is 5.75 Å². The first kappa shape index (κ1) is 2.53. The predicted molar refractivity (Wildman–Crippen MR) is 32.8 cm³/mol. The van der Waals surface area contributed by atoms with Crippen molar-refractivity contribution in [3.63, 3.8) is 0 Å². The van der Waals surface area contributed by atoms with E-state index in [1.807, 2.05) is 0 Å². The Morgan fingerprint density at radius 3 is 3.00 bits per heavy atom. The summed E-state index contributed by atoms with van der Waals surface area (Å²) < 4.78 is 21.7. The summed E-state index contributed by atoms with van der Waals surface area (Å²) in [5, 5.41) is 8.98. The molecule has 0 amide bonds. The van der Waals surface area contributed by atoms with Crippen LogP contribution in [0.15, 0.2) is 24.2 Å². The molecule has 1 heteroatoms. The maximum absolute atomic E-state index is 8.98. The van der Waals surface area contributed by atoms with Gasteiger partial charge in [0.15, 0.2) is 0 Å². The number of benzene rings is 1. The molecule has 0 aliphatic heterocycles. The number of hydrogen-bond donors (Lipinski definition) is 1. The van der Waals surface area contributed by atoms with E-state index < -0.39 is 0 Å². The molecule has 8 heavy (non-hydrogen) atoms. The highest BCUT2D eigenvalue weighted by Gasteiger charge is 1.82. The van der Waals surface area contributed by atoms with E-state index in [1.54, 1.807) is 6.92 Å². The van der Waals surface area contributed by atoms with Crippen LogP contribution in [0.1, 0.15) is 9.68 Å². The molecule has 0 saturated heterocycles. The lowest BCUT2D eigenvalue weighted by molar-refractivity contribution is 0.475. The van der Waals surface area contributed by atoms with E-state index in [1.165, 1.54) is 6.07 Å². The van der Waals surface area contributed by atoms with Gasteiger partial charge in [0.2, 0.25) is 0 Å². The van der Waals surface area contributed by atoms with Gasteiger partial charge in [0.1, 0.15) is 5.75 Å². The zero-order valence-electron chi connectivity index (χ0n) is 7.52. The van der Waals surface area contributed by atoms with Crippen LogP contribution in [-0.2, 0) is 0 Å². The van der Waals surface area contributed by atoms with Crippen LogP contribution < -0.4 is 0 Å². The van der Waals surface area contributed by atoms with Crippen LogP contribution in [0.3, 0.4) is 0 Å². The first-order valence-corrected chi connectivity index (χ1v) is 2.30. The summed E-state index contributed by atoms with van der Waals surface area (Å²) in [4.78, 5) is 0. The van der Waals surface area contributed by atoms with Gasteiger partial charge in [-0.3, -0.25) is 0 Å². The summed E-state index contributed by atoms with van der Waals surface area (Å²) in [7, 11) is 0. The minimum absolute atomic E-state index is 0.0741. The minimum atomic E-state index is -0.300. The van der Waals surface area contributed by atoms with Gasteiger partial charge in [0.25, 0.3) is 0 Å². The lowest BCUT2D eigenvalue weighted by Gasteiger charge is -1.89. The second-order valence-corrected chi connectivity index (χ2v) is 1.55. The predicted octanol–water partition coefficient (Wildman–Crippen LogP) is 1.70. The maximum atomic E-state index is 8.98. The van der Waals surface area contributed by atoms with Crippen molar-refractivity contribution in [2.75, 3.05) is 0 Å². The zero-order chi connectivity index (χ0) is 8.59. The van der Waals surface area contributed by atoms with Crippen LogP contribution in [0, 0.1) is 6.92 Å². The standard InChI is InChI=1S/C7H8O/c1-6-2-4-7(8)5-3-6/h2-5,8H,1H3/i2D,3D,4D. The summed E-state index contributed by atoms with van der Waals surface area (Å²) in [5.41, 5.74) is 0.424. The van der Waals surface area contributed by atoms with Crippen molar-refractivity contribution in [3.05, 3.63) is 29.8 Å². The lowest BCUT2D eigenvalue weighted by atomic mass is 10.2. The maximum Gasteiger partial charge on any atom is 0.115 e. The summed E-state index contributed by atoms with van der Waals surface area (Å²) in [5.74, 6) is -0.300. The Balaban J connectivity index is 3.46. The smallest absolute Gasteiger partial charge is 0.115 e.